The Labute approximate surface area is 130 Å². The molecule has 0 aliphatic carbocycles. The van der Waals surface area contributed by atoms with Gasteiger partial charge in [-0.15, -0.1) is 11.3 Å². The maximum absolute atomic E-state index is 11.7. The van der Waals surface area contributed by atoms with Gasteiger partial charge in [0, 0.05) is 28.2 Å². The number of unbranched alkanes of at least 4 members (excludes halogenated alkanes) is 2. The zero-order valence-corrected chi connectivity index (χ0v) is 13.7. The molecule has 2 heterocycles. The van der Waals surface area contributed by atoms with E-state index in [9.17, 15) is 4.79 Å². The zero-order valence-electron chi connectivity index (χ0n) is 12.8. The molecule has 1 atom stereocenters. The standard InChI is InChI=1S/C17H24N2OS/c1-3-5-6-8-13(4-2)16-14(15-9-7-12-21-15)10-11-19(16)17(18)20/h7,9-13H,3-6,8H2,1-2H3,(H2,18,20). The predicted octanol–water partition coefficient (Wildman–Crippen LogP) is 5.22. The summed E-state index contributed by atoms with van der Waals surface area (Å²) in [5.74, 6) is 0.385. The molecule has 0 aromatic carbocycles. The summed E-state index contributed by atoms with van der Waals surface area (Å²) in [6.45, 7) is 4.40. The summed E-state index contributed by atoms with van der Waals surface area (Å²) in [6.07, 6.45) is 7.60. The molecule has 2 rings (SSSR count). The first-order chi connectivity index (χ1) is 10.2. The van der Waals surface area contributed by atoms with Crippen LogP contribution in [0, 0.1) is 0 Å². The number of rotatable bonds is 7. The summed E-state index contributed by atoms with van der Waals surface area (Å²) < 4.78 is 1.63. The molecule has 4 heteroatoms. The zero-order chi connectivity index (χ0) is 15.2. The monoisotopic (exact) mass is 304 g/mol. The first-order valence-corrected chi connectivity index (χ1v) is 8.61. The summed E-state index contributed by atoms with van der Waals surface area (Å²) in [5.41, 5.74) is 7.80. The fourth-order valence-corrected chi connectivity index (χ4v) is 3.63. The van der Waals surface area contributed by atoms with Gasteiger partial charge in [0.15, 0.2) is 0 Å². The Kier molecular flexibility index (Phi) is 5.62. The van der Waals surface area contributed by atoms with E-state index >= 15 is 0 Å². The van der Waals surface area contributed by atoms with Crippen molar-refractivity contribution in [1.29, 1.82) is 0 Å². The number of primary amides is 1. The van der Waals surface area contributed by atoms with Crippen molar-refractivity contribution in [3.8, 4) is 10.4 Å². The van der Waals surface area contributed by atoms with E-state index in [1.165, 1.54) is 24.1 Å². The lowest BCUT2D eigenvalue weighted by Gasteiger charge is -2.18. The van der Waals surface area contributed by atoms with Crippen LogP contribution >= 0.6 is 11.3 Å². The van der Waals surface area contributed by atoms with E-state index < -0.39 is 0 Å². The molecule has 0 saturated carbocycles. The minimum atomic E-state index is -0.387. The topological polar surface area (TPSA) is 48.0 Å². The molecular formula is C17H24N2OS. The maximum atomic E-state index is 11.7. The average Bonchev–Trinajstić information content (AvgIpc) is 3.11. The third-order valence-corrected chi connectivity index (χ3v) is 4.89. The van der Waals surface area contributed by atoms with E-state index in [-0.39, 0.29) is 6.03 Å². The number of nitrogens with two attached hydrogens (primary N) is 1. The number of carbonyl (C=O) groups excluding carboxylic acids is 1. The quantitative estimate of drug-likeness (QED) is 0.701. The maximum Gasteiger partial charge on any atom is 0.323 e. The van der Waals surface area contributed by atoms with Crippen LogP contribution in [0.2, 0.25) is 0 Å². The number of hydrogen-bond donors (Lipinski definition) is 1. The Hall–Kier alpha value is -1.55. The highest BCUT2D eigenvalue weighted by molar-refractivity contribution is 7.13. The van der Waals surface area contributed by atoms with Crippen molar-refractivity contribution in [2.24, 2.45) is 5.73 Å². The molecule has 0 aliphatic rings. The first-order valence-electron chi connectivity index (χ1n) is 7.73. The molecule has 2 aromatic rings. The Morgan fingerprint density at radius 2 is 2.14 bits per heavy atom. The molecule has 0 fully saturated rings. The van der Waals surface area contributed by atoms with Crippen LogP contribution in [0.5, 0.6) is 0 Å². The van der Waals surface area contributed by atoms with Gasteiger partial charge in [-0.1, -0.05) is 39.2 Å². The number of hydrogen-bond acceptors (Lipinski definition) is 2. The lowest BCUT2D eigenvalue weighted by molar-refractivity contribution is 0.249. The Balaban J connectivity index is 2.37. The van der Waals surface area contributed by atoms with Crippen molar-refractivity contribution >= 4 is 17.4 Å². The molecule has 2 aromatic heterocycles. The SMILES string of the molecule is CCCCCC(CC)c1c(-c2cccs2)ccn1C(N)=O. The lowest BCUT2D eigenvalue weighted by atomic mass is 9.92. The van der Waals surface area contributed by atoms with Crippen molar-refractivity contribution < 1.29 is 4.79 Å². The van der Waals surface area contributed by atoms with Gasteiger partial charge in [0.2, 0.25) is 0 Å². The first kappa shape index (κ1) is 15.8. The number of amides is 1. The van der Waals surface area contributed by atoms with Crippen LogP contribution in [0.3, 0.4) is 0 Å². The summed E-state index contributed by atoms with van der Waals surface area (Å²) in [7, 11) is 0. The summed E-state index contributed by atoms with van der Waals surface area (Å²) in [5, 5.41) is 2.07. The molecule has 0 bridgehead atoms. The Bertz CT molecular complexity index is 572. The van der Waals surface area contributed by atoms with Crippen molar-refractivity contribution in [2.75, 3.05) is 0 Å². The number of aromatic nitrogens is 1. The molecule has 1 unspecified atom stereocenters. The summed E-state index contributed by atoms with van der Waals surface area (Å²) in [4.78, 5) is 13.0. The molecule has 2 N–H and O–H groups in total. The molecule has 0 radical (unpaired) electrons. The predicted molar refractivity (Wildman–Crippen MR) is 89.9 cm³/mol. The second kappa shape index (κ2) is 7.46. The highest BCUT2D eigenvalue weighted by Gasteiger charge is 2.21. The van der Waals surface area contributed by atoms with Gasteiger partial charge in [0.05, 0.1) is 0 Å². The van der Waals surface area contributed by atoms with Gasteiger partial charge in [0.1, 0.15) is 0 Å². The van der Waals surface area contributed by atoms with Crippen molar-refractivity contribution in [3.05, 3.63) is 35.5 Å². The van der Waals surface area contributed by atoms with Crippen LogP contribution in [0.25, 0.3) is 10.4 Å². The van der Waals surface area contributed by atoms with Gasteiger partial charge in [-0.25, -0.2) is 4.79 Å². The average molecular weight is 304 g/mol. The van der Waals surface area contributed by atoms with Crippen LogP contribution in [-0.4, -0.2) is 10.6 Å². The molecule has 0 aliphatic heterocycles. The number of carbonyl (C=O) groups is 1. The number of thiophene rings is 1. The molecule has 0 saturated heterocycles. The van der Waals surface area contributed by atoms with Crippen LogP contribution in [0.15, 0.2) is 29.8 Å². The molecule has 21 heavy (non-hydrogen) atoms. The second-order valence-electron chi connectivity index (χ2n) is 5.40. The van der Waals surface area contributed by atoms with Crippen LogP contribution in [0.4, 0.5) is 4.79 Å². The molecule has 0 spiro atoms. The Morgan fingerprint density at radius 1 is 1.33 bits per heavy atom. The highest BCUT2D eigenvalue weighted by Crippen LogP contribution is 2.37. The number of nitrogens with zero attached hydrogens (tertiary/aromatic N) is 1. The van der Waals surface area contributed by atoms with Gasteiger partial charge in [-0.3, -0.25) is 4.57 Å². The fourth-order valence-electron chi connectivity index (χ4n) is 2.87. The van der Waals surface area contributed by atoms with Crippen LogP contribution in [-0.2, 0) is 0 Å². The van der Waals surface area contributed by atoms with Crippen molar-refractivity contribution in [3.63, 3.8) is 0 Å². The smallest absolute Gasteiger partial charge is 0.323 e. The molecule has 3 nitrogen and oxygen atoms in total. The van der Waals surface area contributed by atoms with Crippen molar-refractivity contribution in [2.45, 2.75) is 51.9 Å². The van der Waals surface area contributed by atoms with Gasteiger partial charge in [-0.05, 0) is 30.4 Å². The van der Waals surface area contributed by atoms with Crippen molar-refractivity contribution in [1.82, 2.24) is 4.57 Å². The normalized spacial score (nSPS) is 12.5. The van der Waals surface area contributed by atoms with E-state index in [1.54, 1.807) is 15.9 Å². The summed E-state index contributed by atoms with van der Waals surface area (Å²) in [6, 6.07) is 5.78. The van der Waals surface area contributed by atoms with Crippen LogP contribution < -0.4 is 5.73 Å². The fraction of sp³-hybridized carbons (Fsp3) is 0.471. The highest BCUT2D eigenvalue weighted by atomic mass is 32.1. The third-order valence-electron chi connectivity index (χ3n) is 3.99. The third kappa shape index (κ3) is 3.56. The minimum Gasteiger partial charge on any atom is -0.351 e. The van der Waals surface area contributed by atoms with E-state index in [4.69, 9.17) is 5.73 Å². The second-order valence-corrected chi connectivity index (χ2v) is 6.35. The van der Waals surface area contributed by atoms with E-state index in [1.807, 2.05) is 18.3 Å². The summed E-state index contributed by atoms with van der Waals surface area (Å²) >= 11 is 1.71. The van der Waals surface area contributed by atoms with E-state index in [2.05, 4.69) is 25.3 Å². The molecule has 1 amide bonds. The van der Waals surface area contributed by atoms with Crippen LogP contribution in [0.1, 0.15) is 57.6 Å². The van der Waals surface area contributed by atoms with Gasteiger partial charge in [-0.2, -0.15) is 0 Å². The molecule has 114 valence electrons. The van der Waals surface area contributed by atoms with Gasteiger partial charge >= 0.3 is 6.03 Å². The Morgan fingerprint density at radius 3 is 2.71 bits per heavy atom. The largest absolute Gasteiger partial charge is 0.351 e. The van der Waals surface area contributed by atoms with E-state index in [0.717, 1.165) is 24.1 Å². The lowest BCUT2D eigenvalue weighted by Crippen LogP contribution is -2.22. The molecular weight excluding hydrogens is 280 g/mol. The minimum absolute atomic E-state index is 0.385. The van der Waals surface area contributed by atoms with E-state index in [0.29, 0.717) is 5.92 Å². The van der Waals surface area contributed by atoms with Gasteiger partial charge < -0.3 is 5.73 Å². The van der Waals surface area contributed by atoms with Gasteiger partial charge in [0.25, 0.3) is 0 Å².